The third-order valence-electron chi connectivity index (χ3n) is 2.27. The van der Waals surface area contributed by atoms with Crippen LogP contribution in [0.5, 0.6) is 5.75 Å². The molecule has 0 radical (unpaired) electrons. The highest BCUT2D eigenvalue weighted by Gasteiger charge is 2.10. The predicted octanol–water partition coefficient (Wildman–Crippen LogP) is 2.73. The first-order chi connectivity index (χ1) is 8.22. The van der Waals surface area contributed by atoms with Crippen molar-refractivity contribution in [1.29, 1.82) is 0 Å². The van der Waals surface area contributed by atoms with Gasteiger partial charge in [-0.25, -0.2) is 4.79 Å². The summed E-state index contributed by atoms with van der Waals surface area (Å²) in [4.78, 5) is 24.9. The molecule has 0 amide bonds. The smallest absolute Gasteiger partial charge is 0.308 e. The molecule has 0 aromatic heterocycles. The molecule has 17 heavy (non-hydrogen) atoms. The molecule has 2 aromatic rings. The van der Waals surface area contributed by atoms with Crippen molar-refractivity contribution in [3.05, 3.63) is 36.4 Å². The van der Waals surface area contributed by atoms with Crippen LogP contribution in [0, 0.1) is 0 Å². The molecule has 0 bridgehead atoms. The number of isocyanates is 1. The van der Waals surface area contributed by atoms with Gasteiger partial charge in [0.25, 0.3) is 0 Å². The maximum atomic E-state index is 11.1. The average molecular weight is 227 g/mol. The number of aliphatic imine (C=N–C) groups is 1. The van der Waals surface area contributed by atoms with Gasteiger partial charge in [-0.05, 0) is 11.5 Å². The lowest BCUT2D eigenvalue weighted by Gasteiger charge is -2.08. The summed E-state index contributed by atoms with van der Waals surface area (Å²) in [5.74, 6) is -0.164. The Balaban J connectivity index is 2.74. The minimum atomic E-state index is -0.455. The van der Waals surface area contributed by atoms with Gasteiger partial charge in [0, 0.05) is 12.3 Å². The van der Waals surface area contributed by atoms with Crippen LogP contribution in [0.15, 0.2) is 41.4 Å². The molecule has 0 saturated carbocycles. The summed E-state index contributed by atoms with van der Waals surface area (Å²) in [5.41, 5.74) is 0.300. The zero-order chi connectivity index (χ0) is 12.3. The highest BCUT2D eigenvalue weighted by atomic mass is 16.5. The number of nitrogens with zero attached hydrogens (tertiary/aromatic N) is 1. The minimum absolute atomic E-state index is 0.291. The largest absolute Gasteiger partial charge is 0.424 e. The third kappa shape index (κ3) is 2.22. The molecule has 0 unspecified atom stereocenters. The van der Waals surface area contributed by atoms with Crippen LogP contribution in [0.4, 0.5) is 5.69 Å². The van der Waals surface area contributed by atoms with Crippen LogP contribution >= 0.6 is 0 Å². The van der Waals surface area contributed by atoms with Gasteiger partial charge in [0.15, 0.2) is 5.75 Å². The number of esters is 1. The van der Waals surface area contributed by atoms with E-state index in [4.69, 9.17) is 4.74 Å². The third-order valence-corrected chi connectivity index (χ3v) is 2.27. The van der Waals surface area contributed by atoms with Crippen LogP contribution in [0.25, 0.3) is 10.8 Å². The van der Waals surface area contributed by atoms with Gasteiger partial charge in [-0.3, -0.25) is 4.79 Å². The van der Waals surface area contributed by atoms with Crippen LogP contribution in [-0.2, 0) is 9.59 Å². The topological polar surface area (TPSA) is 55.7 Å². The molecule has 4 nitrogen and oxygen atoms in total. The molecule has 4 heteroatoms. The van der Waals surface area contributed by atoms with Crippen LogP contribution in [0.1, 0.15) is 6.92 Å². The molecule has 0 aliphatic heterocycles. The summed E-state index contributed by atoms with van der Waals surface area (Å²) in [5, 5.41) is 1.65. The van der Waals surface area contributed by atoms with Crippen molar-refractivity contribution in [2.24, 2.45) is 4.99 Å². The van der Waals surface area contributed by atoms with Crippen LogP contribution in [0.2, 0.25) is 0 Å². The SMILES string of the molecule is CC(=O)Oc1c(N=C=O)ccc2ccccc12. The Kier molecular flexibility index (Phi) is 2.99. The highest BCUT2D eigenvalue weighted by Crippen LogP contribution is 2.35. The summed E-state index contributed by atoms with van der Waals surface area (Å²) in [6.45, 7) is 1.30. The minimum Gasteiger partial charge on any atom is -0.424 e. The summed E-state index contributed by atoms with van der Waals surface area (Å²) >= 11 is 0. The van der Waals surface area contributed by atoms with E-state index in [0.717, 1.165) is 10.8 Å². The molecular weight excluding hydrogens is 218 g/mol. The Morgan fingerprint density at radius 1 is 1.24 bits per heavy atom. The van der Waals surface area contributed by atoms with Gasteiger partial charge in [-0.1, -0.05) is 30.3 Å². The van der Waals surface area contributed by atoms with Gasteiger partial charge in [0.2, 0.25) is 6.08 Å². The van der Waals surface area contributed by atoms with Gasteiger partial charge in [0.1, 0.15) is 5.69 Å². The molecule has 0 aliphatic carbocycles. The number of ether oxygens (including phenoxy) is 1. The zero-order valence-corrected chi connectivity index (χ0v) is 9.14. The number of hydrogen-bond donors (Lipinski definition) is 0. The van der Waals surface area contributed by atoms with E-state index < -0.39 is 5.97 Å². The zero-order valence-electron chi connectivity index (χ0n) is 9.14. The van der Waals surface area contributed by atoms with E-state index in [0.29, 0.717) is 11.4 Å². The molecule has 0 atom stereocenters. The summed E-state index contributed by atoms with van der Waals surface area (Å²) in [7, 11) is 0. The number of carbonyl (C=O) groups excluding carboxylic acids is 2. The van der Waals surface area contributed by atoms with Crippen LogP contribution < -0.4 is 4.74 Å². The van der Waals surface area contributed by atoms with Gasteiger partial charge < -0.3 is 4.74 Å². The molecule has 84 valence electrons. The van der Waals surface area contributed by atoms with Crippen molar-refractivity contribution in [3.8, 4) is 5.75 Å². The Hall–Kier alpha value is -2.45. The maximum Gasteiger partial charge on any atom is 0.308 e. The Morgan fingerprint density at radius 2 is 2.00 bits per heavy atom. The van der Waals surface area contributed by atoms with E-state index in [1.165, 1.54) is 13.0 Å². The molecule has 0 fully saturated rings. The second-order valence-electron chi connectivity index (χ2n) is 3.43. The molecule has 0 heterocycles. The molecule has 0 aliphatic rings. The monoisotopic (exact) mass is 227 g/mol. The summed E-state index contributed by atoms with van der Waals surface area (Å²) < 4.78 is 5.10. The molecule has 0 spiro atoms. The fourth-order valence-corrected chi connectivity index (χ4v) is 1.62. The lowest BCUT2D eigenvalue weighted by molar-refractivity contribution is -0.131. The lowest BCUT2D eigenvalue weighted by atomic mass is 10.1. The number of benzene rings is 2. The van der Waals surface area contributed by atoms with E-state index >= 15 is 0 Å². The number of carbonyl (C=O) groups is 1. The summed E-state index contributed by atoms with van der Waals surface area (Å²) in [6, 6.07) is 10.8. The van der Waals surface area contributed by atoms with E-state index in [1.54, 1.807) is 18.2 Å². The number of hydrogen-bond acceptors (Lipinski definition) is 4. The molecular formula is C13H9NO3. The predicted molar refractivity (Wildman–Crippen MR) is 63.0 cm³/mol. The Morgan fingerprint density at radius 3 is 2.71 bits per heavy atom. The van der Waals surface area contributed by atoms with Crippen molar-refractivity contribution < 1.29 is 14.3 Å². The maximum absolute atomic E-state index is 11.1. The van der Waals surface area contributed by atoms with Crippen molar-refractivity contribution >= 4 is 28.5 Å². The standard InChI is InChI=1S/C13H9NO3/c1-9(16)17-13-11-5-3-2-4-10(11)6-7-12(13)14-8-15/h2-7H,1H3. The first-order valence-corrected chi connectivity index (χ1v) is 5.00. The lowest BCUT2D eigenvalue weighted by Crippen LogP contribution is -2.02. The summed E-state index contributed by atoms with van der Waals surface area (Å²) in [6.07, 6.45) is 1.45. The number of rotatable bonds is 2. The Labute approximate surface area is 97.5 Å². The van der Waals surface area contributed by atoms with Crippen LogP contribution in [0.3, 0.4) is 0 Å². The van der Waals surface area contributed by atoms with Gasteiger partial charge in [-0.2, -0.15) is 4.99 Å². The molecule has 0 N–H and O–H groups in total. The van der Waals surface area contributed by atoms with Gasteiger partial charge >= 0.3 is 5.97 Å². The second-order valence-corrected chi connectivity index (χ2v) is 3.43. The average Bonchev–Trinajstić information content (AvgIpc) is 2.32. The van der Waals surface area contributed by atoms with Crippen LogP contribution in [-0.4, -0.2) is 12.0 Å². The highest BCUT2D eigenvalue weighted by molar-refractivity contribution is 5.94. The van der Waals surface area contributed by atoms with Crippen molar-refractivity contribution in [3.63, 3.8) is 0 Å². The Bertz CT molecular complexity index is 628. The number of fused-ring (bicyclic) bond motifs is 1. The van der Waals surface area contributed by atoms with E-state index in [1.807, 2.05) is 18.2 Å². The molecule has 0 saturated heterocycles. The first-order valence-electron chi connectivity index (χ1n) is 5.00. The van der Waals surface area contributed by atoms with Crippen molar-refractivity contribution in [2.75, 3.05) is 0 Å². The van der Waals surface area contributed by atoms with Crippen molar-refractivity contribution in [1.82, 2.24) is 0 Å². The van der Waals surface area contributed by atoms with E-state index in [2.05, 4.69) is 4.99 Å². The normalized spacial score (nSPS) is 9.71. The fourth-order valence-electron chi connectivity index (χ4n) is 1.62. The quantitative estimate of drug-likeness (QED) is 0.343. The van der Waals surface area contributed by atoms with Gasteiger partial charge in [-0.15, -0.1) is 0 Å². The molecule has 2 rings (SSSR count). The van der Waals surface area contributed by atoms with E-state index in [-0.39, 0.29) is 0 Å². The first kappa shape index (κ1) is 11.0. The van der Waals surface area contributed by atoms with Crippen molar-refractivity contribution in [2.45, 2.75) is 6.92 Å². The van der Waals surface area contributed by atoms with E-state index in [9.17, 15) is 9.59 Å². The fraction of sp³-hybridized carbons (Fsp3) is 0.0769. The molecule has 2 aromatic carbocycles. The van der Waals surface area contributed by atoms with Gasteiger partial charge in [0.05, 0.1) is 0 Å². The second kappa shape index (κ2) is 4.60.